The van der Waals surface area contributed by atoms with E-state index in [1.807, 2.05) is 31.2 Å². The topological polar surface area (TPSA) is 23.8 Å². The molecule has 1 rings (SSSR count). The van der Waals surface area contributed by atoms with Crippen molar-refractivity contribution in [3.8, 4) is 6.07 Å². The Morgan fingerprint density at radius 1 is 1.62 bits per heavy atom. The summed E-state index contributed by atoms with van der Waals surface area (Å²) in [6, 6.07) is 7.96. The first kappa shape index (κ1) is 9.88. The molecule has 0 aliphatic heterocycles. The van der Waals surface area contributed by atoms with Crippen molar-refractivity contribution in [1.29, 1.82) is 5.26 Å². The molecule has 0 N–H and O–H groups in total. The minimum absolute atomic E-state index is 0.756. The first-order chi connectivity index (χ1) is 6.29. The highest BCUT2D eigenvalue weighted by atomic mass is 32.2. The van der Waals surface area contributed by atoms with Gasteiger partial charge in [0.1, 0.15) is 6.07 Å². The zero-order valence-corrected chi connectivity index (χ0v) is 8.40. The van der Waals surface area contributed by atoms with Crippen LogP contribution in [0.5, 0.6) is 0 Å². The van der Waals surface area contributed by atoms with Crippen LogP contribution in [0, 0.1) is 18.3 Å². The summed E-state index contributed by atoms with van der Waals surface area (Å²) in [6.45, 7) is 5.68. The van der Waals surface area contributed by atoms with Crippen molar-refractivity contribution >= 4 is 11.8 Å². The van der Waals surface area contributed by atoms with Gasteiger partial charge < -0.3 is 0 Å². The standard InChI is InChI=1S/C11H11NS/c1-3-7-13-11-9(2)5-4-6-10(11)8-12/h3-6H,1,7H2,2H3. The number of nitrogens with zero attached hydrogens (tertiary/aromatic N) is 1. The maximum atomic E-state index is 8.85. The van der Waals surface area contributed by atoms with Crippen molar-refractivity contribution in [2.45, 2.75) is 11.8 Å². The second kappa shape index (κ2) is 4.74. The number of hydrogen-bond donors (Lipinski definition) is 0. The molecule has 1 aromatic carbocycles. The van der Waals surface area contributed by atoms with E-state index in [2.05, 4.69) is 12.6 Å². The average Bonchev–Trinajstić information content (AvgIpc) is 2.15. The summed E-state index contributed by atoms with van der Waals surface area (Å²) in [5.41, 5.74) is 1.91. The predicted molar refractivity (Wildman–Crippen MR) is 56.8 cm³/mol. The molecular weight excluding hydrogens is 178 g/mol. The Labute approximate surface area is 83.1 Å². The van der Waals surface area contributed by atoms with E-state index >= 15 is 0 Å². The molecule has 0 amide bonds. The molecule has 1 aromatic rings. The van der Waals surface area contributed by atoms with Gasteiger partial charge >= 0.3 is 0 Å². The summed E-state index contributed by atoms with van der Waals surface area (Å²) in [6.07, 6.45) is 1.85. The molecule has 2 heteroatoms. The molecule has 0 fully saturated rings. The van der Waals surface area contributed by atoms with Gasteiger partial charge in [-0.2, -0.15) is 5.26 Å². The van der Waals surface area contributed by atoms with Crippen LogP contribution < -0.4 is 0 Å². The van der Waals surface area contributed by atoms with Gasteiger partial charge in [-0.15, -0.1) is 18.3 Å². The SMILES string of the molecule is C=CCSc1c(C)cccc1C#N. The maximum absolute atomic E-state index is 8.85. The molecule has 0 atom stereocenters. The van der Waals surface area contributed by atoms with Crippen LogP contribution in [0.25, 0.3) is 0 Å². The molecule has 1 nitrogen and oxygen atoms in total. The lowest BCUT2D eigenvalue weighted by molar-refractivity contribution is 1.26. The fourth-order valence-corrected chi connectivity index (χ4v) is 1.92. The van der Waals surface area contributed by atoms with Crippen LogP contribution in [-0.4, -0.2) is 5.75 Å². The monoisotopic (exact) mass is 189 g/mol. The Bertz CT molecular complexity index is 350. The fourth-order valence-electron chi connectivity index (χ4n) is 1.07. The molecule has 0 unspecified atom stereocenters. The number of rotatable bonds is 3. The summed E-state index contributed by atoms with van der Waals surface area (Å²) in [5, 5.41) is 8.85. The fraction of sp³-hybridized carbons (Fsp3) is 0.182. The van der Waals surface area contributed by atoms with E-state index in [9.17, 15) is 0 Å². The maximum Gasteiger partial charge on any atom is 0.100 e. The van der Waals surface area contributed by atoms with Crippen molar-refractivity contribution < 1.29 is 0 Å². The van der Waals surface area contributed by atoms with Crippen LogP contribution in [0.4, 0.5) is 0 Å². The van der Waals surface area contributed by atoms with Gasteiger partial charge in [0, 0.05) is 10.6 Å². The number of hydrogen-bond acceptors (Lipinski definition) is 2. The number of benzene rings is 1. The molecule has 0 aliphatic carbocycles. The lowest BCUT2D eigenvalue weighted by Crippen LogP contribution is -1.86. The molecular formula is C11H11NS. The zero-order valence-electron chi connectivity index (χ0n) is 7.58. The third-order valence-electron chi connectivity index (χ3n) is 1.68. The summed E-state index contributed by atoms with van der Waals surface area (Å²) in [7, 11) is 0. The number of nitriles is 1. The second-order valence-electron chi connectivity index (χ2n) is 2.66. The molecule has 0 heterocycles. The third kappa shape index (κ3) is 2.37. The van der Waals surface area contributed by atoms with Crippen molar-refractivity contribution in [2.75, 3.05) is 5.75 Å². The van der Waals surface area contributed by atoms with Gasteiger partial charge in [0.05, 0.1) is 5.56 Å². The average molecular weight is 189 g/mol. The van der Waals surface area contributed by atoms with E-state index in [-0.39, 0.29) is 0 Å². The molecule has 13 heavy (non-hydrogen) atoms. The molecule has 0 spiro atoms. The van der Waals surface area contributed by atoms with Crippen LogP contribution in [0.2, 0.25) is 0 Å². The van der Waals surface area contributed by atoms with Crippen LogP contribution in [0.15, 0.2) is 35.7 Å². The van der Waals surface area contributed by atoms with E-state index < -0.39 is 0 Å². The van der Waals surface area contributed by atoms with Crippen LogP contribution >= 0.6 is 11.8 Å². The van der Waals surface area contributed by atoms with E-state index in [0.717, 1.165) is 21.8 Å². The van der Waals surface area contributed by atoms with Crippen molar-refractivity contribution in [1.82, 2.24) is 0 Å². The smallest absolute Gasteiger partial charge is 0.100 e. The third-order valence-corrected chi connectivity index (χ3v) is 2.91. The van der Waals surface area contributed by atoms with E-state index in [4.69, 9.17) is 5.26 Å². The van der Waals surface area contributed by atoms with E-state index in [0.29, 0.717) is 0 Å². The molecule has 0 saturated carbocycles. The van der Waals surface area contributed by atoms with Gasteiger partial charge in [-0.05, 0) is 18.6 Å². The quantitative estimate of drug-likeness (QED) is 0.538. The lowest BCUT2D eigenvalue weighted by atomic mass is 10.1. The molecule has 0 bridgehead atoms. The molecule has 0 aliphatic rings. The Hall–Kier alpha value is -1.20. The van der Waals surface area contributed by atoms with E-state index in [1.165, 1.54) is 0 Å². The normalized spacial score (nSPS) is 9.23. The molecule has 66 valence electrons. The Morgan fingerprint density at radius 3 is 3.00 bits per heavy atom. The van der Waals surface area contributed by atoms with Gasteiger partial charge in [-0.1, -0.05) is 18.2 Å². The summed E-state index contributed by atoms with van der Waals surface area (Å²) in [4.78, 5) is 1.07. The van der Waals surface area contributed by atoms with Gasteiger partial charge in [-0.3, -0.25) is 0 Å². The summed E-state index contributed by atoms with van der Waals surface area (Å²) in [5.74, 6) is 0.847. The van der Waals surface area contributed by atoms with Crippen LogP contribution in [-0.2, 0) is 0 Å². The first-order valence-electron chi connectivity index (χ1n) is 4.03. The molecule has 0 saturated heterocycles. The molecule has 0 radical (unpaired) electrons. The van der Waals surface area contributed by atoms with Crippen LogP contribution in [0.1, 0.15) is 11.1 Å². The molecule has 0 aromatic heterocycles. The number of thioether (sulfide) groups is 1. The van der Waals surface area contributed by atoms with Gasteiger partial charge in [0.15, 0.2) is 0 Å². The lowest BCUT2D eigenvalue weighted by Gasteiger charge is -2.04. The second-order valence-corrected chi connectivity index (χ2v) is 3.69. The highest BCUT2D eigenvalue weighted by molar-refractivity contribution is 7.99. The van der Waals surface area contributed by atoms with Crippen molar-refractivity contribution in [2.24, 2.45) is 0 Å². The Morgan fingerprint density at radius 2 is 2.38 bits per heavy atom. The van der Waals surface area contributed by atoms with Gasteiger partial charge in [0.25, 0.3) is 0 Å². The van der Waals surface area contributed by atoms with Crippen molar-refractivity contribution in [3.05, 3.63) is 42.0 Å². The van der Waals surface area contributed by atoms with Gasteiger partial charge in [0.2, 0.25) is 0 Å². The van der Waals surface area contributed by atoms with Gasteiger partial charge in [-0.25, -0.2) is 0 Å². The van der Waals surface area contributed by atoms with E-state index in [1.54, 1.807) is 11.8 Å². The van der Waals surface area contributed by atoms with Crippen LogP contribution in [0.3, 0.4) is 0 Å². The first-order valence-corrected chi connectivity index (χ1v) is 5.01. The number of aryl methyl sites for hydroxylation is 1. The summed E-state index contributed by atoms with van der Waals surface area (Å²) < 4.78 is 0. The Kier molecular flexibility index (Phi) is 3.60. The van der Waals surface area contributed by atoms with Crippen molar-refractivity contribution in [3.63, 3.8) is 0 Å². The minimum atomic E-state index is 0.756. The Balaban J connectivity index is 3.02. The minimum Gasteiger partial charge on any atom is -0.192 e. The predicted octanol–water partition coefficient (Wildman–Crippen LogP) is 3.14. The zero-order chi connectivity index (χ0) is 9.68. The highest BCUT2D eigenvalue weighted by Gasteiger charge is 2.03. The largest absolute Gasteiger partial charge is 0.192 e. The summed E-state index contributed by atoms with van der Waals surface area (Å²) >= 11 is 1.66. The highest BCUT2D eigenvalue weighted by Crippen LogP contribution is 2.25.